The molecule has 2 amide bonds. The highest BCUT2D eigenvalue weighted by Gasteiger charge is 2.09. The molecule has 3 N–H and O–H groups in total. The van der Waals surface area contributed by atoms with E-state index in [0.717, 1.165) is 10.7 Å². The molecular formula is C14H16FN3O2S. The van der Waals surface area contributed by atoms with Gasteiger partial charge in [0.25, 0.3) is 0 Å². The molecule has 1 heterocycles. The summed E-state index contributed by atoms with van der Waals surface area (Å²) in [7, 11) is 0. The van der Waals surface area contributed by atoms with Crippen LogP contribution in [0, 0.1) is 12.7 Å². The predicted octanol–water partition coefficient (Wildman–Crippen LogP) is 2.12. The highest BCUT2D eigenvalue weighted by atomic mass is 32.1. The van der Waals surface area contributed by atoms with E-state index in [1.165, 1.54) is 35.6 Å². The number of carbonyl (C=O) groups is 1. The topological polar surface area (TPSA) is 74.2 Å². The third-order valence-corrected chi connectivity index (χ3v) is 3.63. The number of aromatic nitrogens is 1. The number of benzene rings is 1. The summed E-state index contributed by atoms with van der Waals surface area (Å²) in [6.45, 7) is 2.28. The number of halogens is 1. The van der Waals surface area contributed by atoms with Gasteiger partial charge in [-0.25, -0.2) is 14.2 Å². The normalized spacial score (nSPS) is 12.0. The summed E-state index contributed by atoms with van der Waals surface area (Å²) in [6, 6.07) is 5.11. The second-order valence-electron chi connectivity index (χ2n) is 4.49. The van der Waals surface area contributed by atoms with E-state index >= 15 is 0 Å². The van der Waals surface area contributed by atoms with Gasteiger partial charge in [0.15, 0.2) is 0 Å². The van der Waals surface area contributed by atoms with E-state index in [0.29, 0.717) is 12.1 Å². The lowest BCUT2D eigenvalue weighted by Gasteiger charge is -2.12. The Morgan fingerprint density at radius 2 is 2.10 bits per heavy atom. The molecular weight excluding hydrogens is 293 g/mol. The van der Waals surface area contributed by atoms with Crippen LogP contribution in [0.15, 0.2) is 29.6 Å². The molecule has 1 atom stereocenters. The zero-order valence-electron chi connectivity index (χ0n) is 11.5. The van der Waals surface area contributed by atoms with Gasteiger partial charge in [0.05, 0.1) is 23.4 Å². The Kier molecular flexibility index (Phi) is 5.24. The Bertz CT molecular complexity index is 601. The smallest absolute Gasteiger partial charge is 0.315 e. The molecule has 0 aliphatic rings. The van der Waals surface area contributed by atoms with Gasteiger partial charge in [-0.05, 0) is 24.6 Å². The average molecular weight is 309 g/mol. The van der Waals surface area contributed by atoms with Gasteiger partial charge >= 0.3 is 6.03 Å². The molecule has 0 radical (unpaired) electrons. The SMILES string of the molecule is Cc1nc(CNC(=O)NC[C@H](O)c2ccc(F)cc2)cs1. The van der Waals surface area contributed by atoms with Gasteiger partial charge in [0, 0.05) is 11.9 Å². The molecule has 0 saturated carbocycles. The van der Waals surface area contributed by atoms with Crippen LogP contribution in [-0.2, 0) is 6.54 Å². The number of hydrogen-bond acceptors (Lipinski definition) is 4. The summed E-state index contributed by atoms with van der Waals surface area (Å²) in [6.07, 6.45) is -0.877. The van der Waals surface area contributed by atoms with Crippen LogP contribution in [0.2, 0.25) is 0 Å². The molecule has 0 saturated heterocycles. The van der Waals surface area contributed by atoms with Crippen LogP contribution in [0.3, 0.4) is 0 Å². The number of amides is 2. The third kappa shape index (κ3) is 4.80. The monoisotopic (exact) mass is 309 g/mol. The molecule has 0 unspecified atom stereocenters. The first-order valence-electron chi connectivity index (χ1n) is 6.41. The maximum Gasteiger partial charge on any atom is 0.315 e. The second kappa shape index (κ2) is 7.14. The first-order chi connectivity index (χ1) is 10.0. The minimum Gasteiger partial charge on any atom is -0.387 e. The highest BCUT2D eigenvalue weighted by molar-refractivity contribution is 7.09. The van der Waals surface area contributed by atoms with Crippen molar-refractivity contribution in [2.75, 3.05) is 6.54 Å². The van der Waals surface area contributed by atoms with E-state index in [-0.39, 0.29) is 18.4 Å². The van der Waals surface area contributed by atoms with Crippen molar-refractivity contribution >= 4 is 17.4 Å². The Balaban J connectivity index is 1.74. The minimum absolute atomic E-state index is 0.0492. The van der Waals surface area contributed by atoms with Crippen molar-refractivity contribution in [2.45, 2.75) is 19.6 Å². The number of aliphatic hydroxyl groups is 1. The summed E-state index contributed by atoms with van der Waals surface area (Å²) in [5.41, 5.74) is 1.35. The van der Waals surface area contributed by atoms with Crippen molar-refractivity contribution in [3.8, 4) is 0 Å². The number of thiazole rings is 1. The lowest BCUT2D eigenvalue weighted by Crippen LogP contribution is -2.37. The molecule has 2 aromatic rings. The van der Waals surface area contributed by atoms with Crippen molar-refractivity contribution in [3.63, 3.8) is 0 Å². The molecule has 0 bridgehead atoms. The number of aryl methyl sites for hydroxylation is 1. The molecule has 21 heavy (non-hydrogen) atoms. The van der Waals surface area contributed by atoms with Gasteiger partial charge in [0.2, 0.25) is 0 Å². The second-order valence-corrected chi connectivity index (χ2v) is 5.55. The third-order valence-electron chi connectivity index (χ3n) is 2.81. The number of carbonyl (C=O) groups excluding carboxylic acids is 1. The summed E-state index contributed by atoms with van der Waals surface area (Å²) in [5, 5.41) is 17.9. The highest BCUT2D eigenvalue weighted by Crippen LogP contribution is 2.12. The molecule has 112 valence electrons. The number of nitrogens with one attached hydrogen (secondary N) is 2. The summed E-state index contributed by atoms with van der Waals surface area (Å²) in [5.74, 6) is -0.366. The van der Waals surface area contributed by atoms with Crippen molar-refractivity contribution in [2.24, 2.45) is 0 Å². The van der Waals surface area contributed by atoms with Gasteiger partial charge in [-0.2, -0.15) is 0 Å². The molecule has 0 aliphatic carbocycles. The maximum atomic E-state index is 12.8. The van der Waals surface area contributed by atoms with E-state index in [1.54, 1.807) is 0 Å². The first-order valence-corrected chi connectivity index (χ1v) is 7.29. The zero-order valence-corrected chi connectivity index (χ0v) is 12.3. The number of nitrogens with zero attached hydrogens (tertiary/aromatic N) is 1. The van der Waals surface area contributed by atoms with Gasteiger partial charge < -0.3 is 15.7 Å². The van der Waals surface area contributed by atoms with E-state index in [9.17, 15) is 14.3 Å². The Morgan fingerprint density at radius 1 is 1.38 bits per heavy atom. The predicted molar refractivity (Wildman–Crippen MR) is 78.4 cm³/mol. The average Bonchev–Trinajstić information content (AvgIpc) is 2.89. The number of urea groups is 1. The fraction of sp³-hybridized carbons (Fsp3) is 0.286. The van der Waals surface area contributed by atoms with E-state index in [4.69, 9.17) is 0 Å². The molecule has 1 aromatic carbocycles. The Labute approximate surface area is 125 Å². The van der Waals surface area contributed by atoms with Gasteiger partial charge in [-0.1, -0.05) is 12.1 Å². The van der Waals surface area contributed by atoms with Crippen molar-refractivity contribution in [3.05, 3.63) is 51.7 Å². The molecule has 7 heteroatoms. The largest absolute Gasteiger partial charge is 0.387 e. The minimum atomic E-state index is -0.877. The summed E-state index contributed by atoms with van der Waals surface area (Å²) < 4.78 is 12.8. The van der Waals surface area contributed by atoms with Gasteiger partial charge in [-0.3, -0.25) is 0 Å². The van der Waals surface area contributed by atoms with E-state index < -0.39 is 6.10 Å². The molecule has 0 aliphatic heterocycles. The van der Waals surface area contributed by atoms with Crippen molar-refractivity contribution in [1.82, 2.24) is 15.6 Å². The molecule has 0 fully saturated rings. The standard InChI is InChI=1S/C14H16FN3O2S/c1-9-18-12(8-21-9)6-16-14(20)17-7-13(19)10-2-4-11(15)5-3-10/h2-5,8,13,19H,6-7H2,1H3,(H2,16,17,20)/t13-/m0/s1. The number of aliphatic hydroxyl groups excluding tert-OH is 1. The maximum absolute atomic E-state index is 12.8. The van der Waals surface area contributed by atoms with Gasteiger partial charge in [0.1, 0.15) is 5.82 Å². The van der Waals surface area contributed by atoms with Crippen LogP contribution in [0.4, 0.5) is 9.18 Å². The lowest BCUT2D eigenvalue weighted by atomic mass is 10.1. The van der Waals surface area contributed by atoms with Crippen molar-refractivity contribution < 1.29 is 14.3 Å². The van der Waals surface area contributed by atoms with E-state index in [2.05, 4.69) is 15.6 Å². The quantitative estimate of drug-likeness (QED) is 0.792. The summed E-state index contributed by atoms with van der Waals surface area (Å²) in [4.78, 5) is 15.8. The first kappa shape index (κ1) is 15.4. The van der Waals surface area contributed by atoms with Gasteiger partial charge in [-0.15, -0.1) is 11.3 Å². The van der Waals surface area contributed by atoms with Crippen LogP contribution in [0.5, 0.6) is 0 Å². The van der Waals surface area contributed by atoms with Crippen LogP contribution in [0.25, 0.3) is 0 Å². The number of hydrogen-bond donors (Lipinski definition) is 3. The number of rotatable bonds is 5. The van der Waals surface area contributed by atoms with E-state index in [1.807, 2.05) is 12.3 Å². The fourth-order valence-electron chi connectivity index (χ4n) is 1.71. The zero-order chi connectivity index (χ0) is 15.2. The summed E-state index contributed by atoms with van der Waals surface area (Å²) >= 11 is 1.52. The van der Waals surface area contributed by atoms with Crippen LogP contribution in [0.1, 0.15) is 22.4 Å². The molecule has 1 aromatic heterocycles. The Morgan fingerprint density at radius 3 is 2.71 bits per heavy atom. The molecule has 2 rings (SSSR count). The van der Waals surface area contributed by atoms with Crippen molar-refractivity contribution in [1.29, 1.82) is 0 Å². The molecule has 5 nitrogen and oxygen atoms in total. The lowest BCUT2D eigenvalue weighted by molar-refractivity contribution is 0.173. The Hall–Kier alpha value is -1.99. The van der Waals surface area contributed by atoms with Crippen LogP contribution in [-0.4, -0.2) is 22.7 Å². The molecule has 0 spiro atoms. The van der Waals surface area contributed by atoms with Crippen LogP contribution >= 0.6 is 11.3 Å². The van der Waals surface area contributed by atoms with Crippen LogP contribution < -0.4 is 10.6 Å². The fourth-order valence-corrected chi connectivity index (χ4v) is 2.33.